The molecule has 2 heterocycles. The van der Waals surface area contributed by atoms with Crippen molar-refractivity contribution in [1.82, 2.24) is 35.2 Å². The molecule has 0 fully saturated rings. The molecule has 9 heteroatoms. The van der Waals surface area contributed by atoms with Crippen molar-refractivity contribution in [3.63, 3.8) is 0 Å². The third kappa shape index (κ3) is 6.82. The Bertz CT molecular complexity index is 917. The lowest BCUT2D eigenvalue weighted by atomic mass is 10.1. The van der Waals surface area contributed by atoms with Gasteiger partial charge in [0.2, 0.25) is 0 Å². The third-order valence-electron chi connectivity index (χ3n) is 4.84. The molecule has 0 aliphatic heterocycles. The van der Waals surface area contributed by atoms with E-state index >= 15 is 0 Å². The number of rotatable bonds is 9. The van der Waals surface area contributed by atoms with Crippen LogP contribution >= 0.6 is 24.0 Å². The highest BCUT2D eigenvalue weighted by molar-refractivity contribution is 14.0. The number of hydrogen-bond acceptors (Lipinski definition) is 4. The van der Waals surface area contributed by atoms with E-state index < -0.39 is 0 Å². The number of hydrogen-bond donors (Lipinski definition) is 2. The number of aliphatic imine (C=N–C) groups is 1. The summed E-state index contributed by atoms with van der Waals surface area (Å²) in [7, 11) is 1.97. The van der Waals surface area contributed by atoms with Crippen molar-refractivity contribution in [2.75, 3.05) is 6.54 Å². The summed E-state index contributed by atoms with van der Waals surface area (Å²) in [6, 6.07) is 10.3. The van der Waals surface area contributed by atoms with Crippen LogP contribution in [0.1, 0.15) is 42.5 Å². The maximum absolute atomic E-state index is 4.81. The van der Waals surface area contributed by atoms with Crippen molar-refractivity contribution in [3.05, 3.63) is 65.5 Å². The molecule has 30 heavy (non-hydrogen) atoms. The summed E-state index contributed by atoms with van der Waals surface area (Å²) in [5.41, 5.74) is 2.41. The van der Waals surface area contributed by atoms with Gasteiger partial charge in [0.05, 0.1) is 19.6 Å². The Labute approximate surface area is 195 Å². The number of benzene rings is 1. The number of aryl methyl sites for hydroxylation is 1. The van der Waals surface area contributed by atoms with Gasteiger partial charge in [-0.05, 0) is 30.5 Å². The Morgan fingerprint density at radius 2 is 1.90 bits per heavy atom. The molecule has 0 saturated heterocycles. The van der Waals surface area contributed by atoms with Crippen molar-refractivity contribution in [3.8, 4) is 0 Å². The molecule has 0 spiro atoms. The predicted octanol–water partition coefficient (Wildman–Crippen LogP) is 3.02. The van der Waals surface area contributed by atoms with Gasteiger partial charge in [-0.1, -0.05) is 37.6 Å². The van der Waals surface area contributed by atoms with Gasteiger partial charge in [-0.25, -0.2) is 4.99 Å². The van der Waals surface area contributed by atoms with E-state index in [1.54, 1.807) is 6.20 Å². The van der Waals surface area contributed by atoms with Crippen LogP contribution in [0.3, 0.4) is 0 Å². The molecular weight excluding hydrogens is 491 g/mol. The summed E-state index contributed by atoms with van der Waals surface area (Å²) in [6.45, 7) is 6.92. The van der Waals surface area contributed by atoms with Crippen molar-refractivity contribution in [2.45, 2.75) is 46.3 Å². The number of aromatic nitrogens is 5. The summed E-state index contributed by atoms with van der Waals surface area (Å²) in [4.78, 5) is 4.81. The van der Waals surface area contributed by atoms with Gasteiger partial charge in [-0.3, -0.25) is 4.68 Å². The number of guanidine groups is 1. The van der Waals surface area contributed by atoms with Crippen LogP contribution in [0.2, 0.25) is 0 Å². The van der Waals surface area contributed by atoms with Crippen LogP contribution < -0.4 is 10.6 Å². The lowest BCUT2D eigenvalue weighted by molar-refractivity contribution is 0.678. The highest BCUT2D eigenvalue weighted by Gasteiger charge is 2.07. The first-order chi connectivity index (χ1) is 14.2. The predicted molar refractivity (Wildman–Crippen MR) is 130 cm³/mol. The molecule has 0 amide bonds. The normalized spacial score (nSPS) is 11.2. The van der Waals surface area contributed by atoms with E-state index in [1.807, 2.05) is 35.5 Å². The van der Waals surface area contributed by atoms with Gasteiger partial charge in [0, 0.05) is 26.0 Å². The van der Waals surface area contributed by atoms with E-state index in [0.29, 0.717) is 13.1 Å². The minimum Gasteiger partial charge on any atom is -0.356 e. The molecule has 8 nitrogen and oxygen atoms in total. The van der Waals surface area contributed by atoms with E-state index in [1.165, 1.54) is 11.1 Å². The first kappa shape index (κ1) is 23.8. The zero-order valence-corrected chi connectivity index (χ0v) is 20.2. The average Bonchev–Trinajstić information content (AvgIpc) is 3.35. The molecule has 0 unspecified atom stereocenters. The molecule has 3 aromatic rings. The van der Waals surface area contributed by atoms with Crippen molar-refractivity contribution in [1.29, 1.82) is 0 Å². The Hall–Kier alpha value is -2.43. The molecule has 0 bridgehead atoms. The maximum atomic E-state index is 4.81. The van der Waals surface area contributed by atoms with Gasteiger partial charge >= 0.3 is 0 Å². The highest BCUT2D eigenvalue weighted by Crippen LogP contribution is 2.11. The average molecular weight is 522 g/mol. The minimum absolute atomic E-state index is 0. The number of nitrogens with zero attached hydrogens (tertiary/aromatic N) is 6. The molecule has 0 radical (unpaired) electrons. The first-order valence-corrected chi connectivity index (χ1v) is 10.1. The van der Waals surface area contributed by atoms with Crippen LogP contribution in [0.5, 0.6) is 0 Å². The van der Waals surface area contributed by atoms with E-state index in [0.717, 1.165) is 43.5 Å². The smallest absolute Gasteiger partial charge is 0.191 e. The van der Waals surface area contributed by atoms with Crippen LogP contribution in [-0.4, -0.2) is 37.0 Å². The first-order valence-electron chi connectivity index (χ1n) is 10.1. The van der Waals surface area contributed by atoms with Crippen molar-refractivity contribution >= 4 is 29.9 Å². The maximum Gasteiger partial charge on any atom is 0.191 e. The molecule has 0 aliphatic carbocycles. The number of halogens is 1. The molecule has 0 atom stereocenters. The van der Waals surface area contributed by atoms with Crippen LogP contribution in [0.4, 0.5) is 0 Å². The third-order valence-corrected chi connectivity index (χ3v) is 4.84. The van der Waals surface area contributed by atoms with Crippen molar-refractivity contribution < 1.29 is 0 Å². The second-order valence-corrected chi connectivity index (χ2v) is 6.99. The van der Waals surface area contributed by atoms with E-state index in [9.17, 15) is 0 Å². The minimum atomic E-state index is 0. The molecule has 2 aromatic heterocycles. The Morgan fingerprint density at radius 3 is 2.57 bits per heavy atom. The van der Waals surface area contributed by atoms with E-state index in [4.69, 9.17) is 4.99 Å². The lowest BCUT2D eigenvalue weighted by Crippen LogP contribution is -2.38. The van der Waals surface area contributed by atoms with Crippen LogP contribution in [0.25, 0.3) is 0 Å². The number of unbranched alkanes of at least 4 members (excludes halogenated alkanes) is 1. The Morgan fingerprint density at radius 1 is 1.10 bits per heavy atom. The van der Waals surface area contributed by atoms with Gasteiger partial charge in [-0.15, -0.1) is 34.2 Å². The second-order valence-electron chi connectivity index (χ2n) is 6.99. The quantitative estimate of drug-likeness (QED) is 0.195. The zero-order chi connectivity index (χ0) is 20.5. The van der Waals surface area contributed by atoms with Gasteiger partial charge in [0.15, 0.2) is 11.8 Å². The Balaban J connectivity index is 0.00000320. The second kappa shape index (κ2) is 12.3. The van der Waals surface area contributed by atoms with Crippen LogP contribution in [0, 0.1) is 6.92 Å². The molecule has 3 rings (SSSR count). The fraction of sp³-hybridized carbons (Fsp3) is 0.429. The summed E-state index contributed by atoms with van der Waals surface area (Å²) in [5, 5.41) is 19.4. The SMILES string of the molecule is CCCCNC(=NCc1ccccc1Cn1cccn1)NCc1nnc(C)n1C.I. The fourth-order valence-corrected chi connectivity index (χ4v) is 2.92. The largest absolute Gasteiger partial charge is 0.356 e. The van der Waals surface area contributed by atoms with Crippen LogP contribution in [-0.2, 0) is 26.7 Å². The molecule has 2 N–H and O–H groups in total. The zero-order valence-electron chi connectivity index (χ0n) is 17.9. The standard InChI is InChI=1S/C21H30N8.HI/c1-4-5-11-22-21(24-15-20-27-26-17(2)28(20)3)23-14-18-9-6-7-10-19(18)16-29-13-8-12-25-29;/h6-10,12-13H,4-5,11,14-16H2,1-3H3,(H2,22,23,24);1H. The summed E-state index contributed by atoms with van der Waals surface area (Å²) in [5.74, 6) is 2.56. The fourth-order valence-electron chi connectivity index (χ4n) is 2.92. The molecule has 1 aromatic carbocycles. The molecule has 0 aliphatic rings. The van der Waals surface area contributed by atoms with E-state index in [-0.39, 0.29) is 24.0 Å². The lowest BCUT2D eigenvalue weighted by Gasteiger charge is -2.13. The van der Waals surface area contributed by atoms with Gasteiger partial charge < -0.3 is 15.2 Å². The van der Waals surface area contributed by atoms with Crippen molar-refractivity contribution in [2.24, 2.45) is 12.0 Å². The number of nitrogens with one attached hydrogen (secondary N) is 2. The molecule has 0 saturated carbocycles. The summed E-state index contributed by atoms with van der Waals surface area (Å²) < 4.78 is 3.91. The van der Waals surface area contributed by atoms with Crippen LogP contribution in [0.15, 0.2) is 47.7 Å². The monoisotopic (exact) mass is 522 g/mol. The molecule has 162 valence electrons. The summed E-state index contributed by atoms with van der Waals surface area (Å²) in [6.07, 6.45) is 6.01. The topological polar surface area (TPSA) is 84.9 Å². The van der Waals surface area contributed by atoms with E-state index in [2.05, 4.69) is 57.1 Å². The summed E-state index contributed by atoms with van der Waals surface area (Å²) >= 11 is 0. The van der Waals surface area contributed by atoms with Gasteiger partial charge in [-0.2, -0.15) is 5.10 Å². The van der Waals surface area contributed by atoms with Gasteiger partial charge in [0.25, 0.3) is 0 Å². The highest BCUT2D eigenvalue weighted by atomic mass is 127. The Kier molecular flexibility index (Phi) is 9.78. The molecular formula is C21H31IN8. The van der Waals surface area contributed by atoms with Gasteiger partial charge in [0.1, 0.15) is 5.82 Å².